The maximum absolute atomic E-state index is 12.1. The van der Waals surface area contributed by atoms with Crippen molar-refractivity contribution < 1.29 is 13.2 Å². The fourth-order valence-electron chi connectivity index (χ4n) is 1.81. The molecule has 0 unspecified atom stereocenters. The van der Waals surface area contributed by atoms with Crippen LogP contribution in [0.4, 0.5) is 13.2 Å². The van der Waals surface area contributed by atoms with Gasteiger partial charge in [-0.15, -0.1) is 24.0 Å². The highest BCUT2D eigenvalue weighted by atomic mass is 127. The van der Waals surface area contributed by atoms with Crippen LogP contribution in [0.3, 0.4) is 0 Å². The first-order valence-electron chi connectivity index (χ1n) is 6.26. The van der Waals surface area contributed by atoms with Gasteiger partial charge in [-0.25, -0.2) is 0 Å². The second-order valence-electron chi connectivity index (χ2n) is 4.55. The van der Waals surface area contributed by atoms with Crippen molar-refractivity contribution in [3.8, 4) is 0 Å². The lowest BCUT2D eigenvalue weighted by atomic mass is 10.4. The van der Waals surface area contributed by atoms with Crippen LogP contribution in [0.25, 0.3) is 0 Å². The van der Waals surface area contributed by atoms with Crippen LogP contribution in [0.15, 0.2) is 4.99 Å². The number of rotatable bonds is 5. The van der Waals surface area contributed by atoms with E-state index in [-0.39, 0.29) is 24.0 Å². The first kappa shape index (κ1) is 20.1. The molecule has 120 valence electrons. The van der Waals surface area contributed by atoms with Crippen molar-refractivity contribution in [2.24, 2.45) is 10.7 Å². The molecule has 1 aliphatic heterocycles. The topological polar surface area (TPSA) is 44.9 Å². The molecule has 1 aliphatic rings. The first-order valence-corrected chi connectivity index (χ1v) is 7.42. The van der Waals surface area contributed by atoms with E-state index < -0.39 is 12.7 Å². The number of halogens is 4. The van der Waals surface area contributed by atoms with Crippen LogP contribution < -0.4 is 5.73 Å². The third-order valence-electron chi connectivity index (χ3n) is 2.76. The van der Waals surface area contributed by atoms with Crippen molar-refractivity contribution in [1.29, 1.82) is 0 Å². The molecule has 0 aliphatic carbocycles. The zero-order chi connectivity index (χ0) is 14.3. The van der Waals surface area contributed by atoms with Crippen LogP contribution in [0.5, 0.6) is 0 Å². The van der Waals surface area contributed by atoms with Gasteiger partial charge in [-0.05, 0) is 20.0 Å². The zero-order valence-electron chi connectivity index (χ0n) is 11.5. The molecule has 0 atom stereocenters. The molecular weight excluding hydrogens is 404 g/mol. The molecule has 1 heterocycles. The van der Waals surface area contributed by atoms with Gasteiger partial charge in [-0.3, -0.25) is 9.89 Å². The number of alkyl halides is 3. The normalized spacial score (nSPS) is 17.2. The molecule has 0 saturated carbocycles. The van der Waals surface area contributed by atoms with E-state index in [1.807, 2.05) is 16.7 Å². The second-order valence-corrected chi connectivity index (χ2v) is 5.77. The average molecular weight is 426 g/mol. The summed E-state index contributed by atoms with van der Waals surface area (Å²) in [5.41, 5.74) is 5.84. The Hall–Kier alpha value is 0.1000. The number of nitrogens with zero attached hydrogens (tertiary/aromatic N) is 3. The van der Waals surface area contributed by atoms with E-state index in [1.165, 1.54) is 11.9 Å². The summed E-state index contributed by atoms with van der Waals surface area (Å²) in [5, 5.41) is 0. The molecule has 0 bridgehead atoms. The molecule has 1 rings (SSSR count). The van der Waals surface area contributed by atoms with Crippen LogP contribution in [-0.2, 0) is 0 Å². The molecule has 0 aromatic carbocycles. The molecule has 9 heteroatoms. The highest BCUT2D eigenvalue weighted by Gasteiger charge is 2.28. The summed E-state index contributed by atoms with van der Waals surface area (Å²) in [7, 11) is 1.46. The number of hydrogen-bond donors (Lipinski definition) is 1. The first-order chi connectivity index (χ1) is 8.88. The van der Waals surface area contributed by atoms with Gasteiger partial charge in [-0.2, -0.15) is 24.9 Å². The number of aliphatic imine (C=N–C) groups is 1. The number of guanidine groups is 1. The Bertz CT molecular complexity index is 296. The molecule has 0 amide bonds. The van der Waals surface area contributed by atoms with Gasteiger partial charge in [0.15, 0.2) is 5.96 Å². The Morgan fingerprint density at radius 3 is 2.50 bits per heavy atom. The van der Waals surface area contributed by atoms with Crippen molar-refractivity contribution >= 4 is 41.7 Å². The van der Waals surface area contributed by atoms with Crippen LogP contribution in [0, 0.1) is 0 Å². The molecule has 0 spiro atoms. The molecule has 0 aromatic rings. The van der Waals surface area contributed by atoms with E-state index in [0.717, 1.165) is 24.6 Å². The minimum Gasteiger partial charge on any atom is -0.370 e. The molecule has 2 N–H and O–H groups in total. The Kier molecular flexibility index (Phi) is 9.98. The van der Waals surface area contributed by atoms with Gasteiger partial charge in [0.1, 0.15) is 0 Å². The van der Waals surface area contributed by atoms with Crippen molar-refractivity contribution in [1.82, 2.24) is 9.80 Å². The van der Waals surface area contributed by atoms with Gasteiger partial charge in [0, 0.05) is 31.1 Å². The van der Waals surface area contributed by atoms with Gasteiger partial charge in [0.2, 0.25) is 0 Å². The molecule has 0 aromatic heterocycles. The molecule has 4 nitrogen and oxygen atoms in total. The summed E-state index contributed by atoms with van der Waals surface area (Å²) in [6, 6.07) is 0. The molecular formula is C11H22F3IN4S. The number of hydrogen-bond acceptors (Lipinski definition) is 3. The number of thioether (sulfide) groups is 1. The van der Waals surface area contributed by atoms with Crippen molar-refractivity contribution in [2.75, 3.05) is 51.3 Å². The van der Waals surface area contributed by atoms with E-state index in [4.69, 9.17) is 5.73 Å². The highest BCUT2D eigenvalue weighted by molar-refractivity contribution is 14.0. The van der Waals surface area contributed by atoms with Crippen LogP contribution in [0.2, 0.25) is 0 Å². The summed E-state index contributed by atoms with van der Waals surface area (Å²) in [5.74, 6) is 2.61. The fourth-order valence-corrected chi connectivity index (χ4v) is 2.71. The Labute approximate surface area is 139 Å². The Morgan fingerprint density at radius 2 is 1.95 bits per heavy atom. The van der Waals surface area contributed by atoms with E-state index in [1.54, 1.807) is 0 Å². The van der Waals surface area contributed by atoms with Gasteiger partial charge >= 0.3 is 6.18 Å². The minimum atomic E-state index is -4.14. The van der Waals surface area contributed by atoms with Gasteiger partial charge < -0.3 is 10.6 Å². The average Bonchev–Trinajstić information content (AvgIpc) is 2.33. The van der Waals surface area contributed by atoms with E-state index >= 15 is 0 Å². The third kappa shape index (κ3) is 9.11. The summed E-state index contributed by atoms with van der Waals surface area (Å²) >= 11 is 1.89. The smallest absolute Gasteiger partial charge is 0.370 e. The molecule has 0 radical (unpaired) electrons. The van der Waals surface area contributed by atoms with Crippen LogP contribution >= 0.6 is 35.7 Å². The third-order valence-corrected chi connectivity index (χ3v) is 3.70. The standard InChI is InChI=1S/C11H21F3N4S.HI/c1-17(9-11(12,13)14)4-2-3-16-10(15)18-5-7-19-8-6-18;/h2-9H2,1H3,(H2,15,16);1H. The predicted molar refractivity (Wildman–Crippen MR) is 89.0 cm³/mol. The zero-order valence-corrected chi connectivity index (χ0v) is 14.7. The summed E-state index contributed by atoms with van der Waals surface area (Å²) in [4.78, 5) is 7.50. The Balaban J connectivity index is 0.00000361. The summed E-state index contributed by atoms with van der Waals surface area (Å²) < 4.78 is 36.3. The minimum absolute atomic E-state index is 0. The second kappa shape index (κ2) is 9.93. The Morgan fingerprint density at radius 1 is 1.35 bits per heavy atom. The largest absolute Gasteiger partial charge is 0.401 e. The maximum Gasteiger partial charge on any atom is 0.401 e. The van der Waals surface area contributed by atoms with E-state index in [9.17, 15) is 13.2 Å². The van der Waals surface area contributed by atoms with Gasteiger partial charge in [0.05, 0.1) is 6.54 Å². The van der Waals surface area contributed by atoms with Gasteiger partial charge in [0.25, 0.3) is 0 Å². The van der Waals surface area contributed by atoms with Crippen molar-refractivity contribution in [3.63, 3.8) is 0 Å². The quantitative estimate of drug-likeness (QED) is 0.316. The number of nitrogens with two attached hydrogens (primary N) is 1. The van der Waals surface area contributed by atoms with E-state index in [0.29, 0.717) is 25.5 Å². The van der Waals surface area contributed by atoms with Crippen molar-refractivity contribution in [2.45, 2.75) is 12.6 Å². The molecule has 20 heavy (non-hydrogen) atoms. The fraction of sp³-hybridized carbons (Fsp3) is 0.909. The molecule has 1 fully saturated rings. The summed E-state index contributed by atoms with van der Waals surface area (Å²) in [6.07, 6.45) is -3.56. The lowest BCUT2D eigenvalue weighted by Gasteiger charge is -2.27. The predicted octanol–water partition coefficient (Wildman–Crippen LogP) is 1.85. The van der Waals surface area contributed by atoms with Crippen molar-refractivity contribution in [3.05, 3.63) is 0 Å². The molecule has 1 saturated heterocycles. The summed E-state index contributed by atoms with van der Waals surface area (Å²) in [6.45, 7) is 1.75. The van der Waals surface area contributed by atoms with Crippen LogP contribution in [0.1, 0.15) is 6.42 Å². The maximum atomic E-state index is 12.1. The van der Waals surface area contributed by atoms with Crippen LogP contribution in [-0.4, -0.2) is 73.2 Å². The van der Waals surface area contributed by atoms with Gasteiger partial charge in [-0.1, -0.05) is 0 Å². The SMILES string of the molecule is CN(CCCN=C(N)N1CCSCC1)CC(F)(F)F.I. The highest BCUT2D eigenvalue weighted by Crippen LogP contribution is 2.15. The monoisotopic (exact) mass is 426 g/mol. The lowest BCUT2D eigenvalue weighted by molar-refractivity contribution is -0.143. The lowest BCUT2D eigenvalue weighted by Crippen LogP contribution is -2.42. The van der Waals surface area contributed by atoms with E-state index in [2.05, 4.69) is 4.99 Å².